The van der Waals surface area contributed by atoms with Crippen LogP contribution in [0.4, 0.5) is 0 Å². The maximum atomic E-state index is 5.64. The van der Waals surface area contributed by atoms with E-state index in [-0.39, 0.29) is 0 Å². The van der Waals surface area contributed by atoms with Crippen LogP contribution in [-0.2, 0) is 6.42 Å². The summed E-state index contributed by atoms with van der Waals surface area (Å²) in [5.74, 6) is 2.93. The molecule has 1 heteroatoms. The topological polar surface area (TPSA) is 9.23 Å². The predicted octanol–water partition coefficient (Wildman–Crippen LogP) is 6.53. The lowest BCUT2D eigenvalue weighted by atomic mass is 9.78. The minimum atomic E-state index is 0.942. The summed E-state index contributed by atoms with van der Waals surface area (Å²) in [6, 6.07) is 8.59. The molecular weight excluding hydrogens is 268 g/mol. The predicted molar refractivity (Wildman–Crippen MR) is 95.2 cm³/mol. The van der Waals surface area contributed by atoms with Crippen molar-refractivity contribution in [3.05, 3.63) is 42.2 Å². The van der Waals surface area contributed by atoms with Gasteiger partial charge in [0.15, 0.2) is 0 Å². The van der Waals surface area contributed by atoms with Crippen molar-refractivity contribution in [1.82, 2.24) is 0 Å². The van der Waals surface area contributed by atoms with Crippen LogP contribution in [0.2, 0.25) is 0 Å². The molecule has 1 nitrogen and oxygen atoms in total. The number of ether oxygens (including phenoxy) is 1. The average molecular weight is 300 g/mol. The van der Waals surface area contributed by atoms with E-state index in [0.29, 0.717) is 0 Å². The van der Waals surface area contributed by atoms with E-state index in [2.05, 4.69) is 32.0 Å². The summed E-state index contributed by atoms with van der Waals surface area (Å²) in [5.41, 5.74) is 1.41. The lowest BCUT2D eigenvalue weighted by Gasteiger charge is -2.28. The van der Waals surface area contributed by atoms with Crippen LogP contribution in [0.15, 0.2) is 36.6 Å². The third-order valence-corrected chi connectivity index (χ3v) is 4.94. The molecular formula is C21H32O. The van der Waals surface area contributed by atoms with E-state index in [0.717, 1.165) is 24.0 Å². The Hall–Kier alpha value is -1.24. The van der Waals surface area contributed by atoms with Gasteiger partial charge in [0, 0.05) is 0 Å². The van der Waals surface area contributed by atoms with Crippen molar-refractivity contribution in [3.63, 3.8) is 0 Å². The van der Waals surface area contributed by atoms with E-state index in [1.807, 2.05) is 12.1 Å². The van der Waals surface area contributed by atoms with Crippen LogP contribution in [0.25, 0.3) is 0 Å². The molecule has 122 valence electrons. The summed E-state index contributed by atoms with van der Waals surface area (Å²) >= 11 is 0. The van der Waals surface area contributed by atoms with Crippen molar-refractivity contribution in [2.45, 2.75) is 71.6 Å². The molecule has 0 radical (unpaired) electrons. The first-order valence-corrected chi connectivity index (χ1v) is 9.22. The van der Waals surface area contributed by atoms with Crippen LogP contribution in [0.3, 0.4) is 0 Å². The Bertz CT molecular complexity index is 441. The number of allylic oxidation sites excluding steroid dienone is 1. The summed E-state index contributed by atoms with van der Waals surface area (Å²) in [6.45, 7) is 4.43. The molecule has 22 heavy (non-hydrogen) atoms. The molecule has 1 aliphatic carbocycles. The summed E-state index contributed by atoms with van der Waals surface area (Å²) in [6.07, 6.45) is 16.0. The highest BCUT2D eigenvalue weighted by Crippen LogP contribution is 2.34. The molecule has 0 aliphatic heterocycles. The summed E-state index contributed by atoms with van der Waals surface area (Å²) in [5, 5.41) is 0. The lowest BCUT2D eigenvalue weighted by Crippen LogP contribution is -2.15. The van der Waals surface area contributed by atoms with Gasteiger partial charge in [-0.05, 0) is 54.9 Å². The molecule has 0 saturated heterocycles. The molecule has 0 bridgehead atoms. The number of hydrogen-bond acceptors (Lipinski definition) is 1. The molecule has 0 amide bonds. The third kappa shape index (κ3) is 5.87. The first-order chi connectivity index (χ1) is 10.8. The molecule has 0 heterocycles. The van der Waals surface area contributed by atoms with Gasteiger partial charge in [0.1, 0.15) is 5.75 Å². The van der Waals surface area contributed by atoms with Crippen LogP contribution < -0.4 is 4.74 Å². The maximum Gasteiger partial charge on any atom is 0.126 e. The van der Waals surface area contributed by atoms with Crippen molar-refractivity contribution in [1.29, 1.82) is 0 Å². The van der Waals surface area contributed by atoms with E-state index in [4.69, 9.17) is 4.74 Å². The van der Waals surface area contributed by atoms with Crippen LogP contribution in [0.1, 0.15) is 70.8 Å². The fraction of sp³-hybridized carbons (Fsp3) is 0.619. The zero-order valence-electron chi connectivity index (χ0n) is 14.4. The molecule has 2 rings (SSSR count). The third-order valence-electron chi connectivity index (χ3n) is 4.94. The quantitative estimate of drug-likeness (QED) is 0.496. The Balaban J connectivity index is 1.75. The zero-order valence-corrected chi connectivity index (χ0v) is 14.4. The van der Waals surface area contributed by atoms with Gasteiger partial charge in [0.2, 0.25) is 0 Å². The Morgan fingerprint density at radius 1 is 1.05 bits per heavy atom. The summed E-state index contributed by atoms with van der Waals surface area (Å²) in [4.78, 5) is 0. The Labute approximate surface area is 136 Å². The Morgan fingerprint density at radius 2 is 1.77 bits per heavy atom. The first kappa shape index (κ1) is 17.1. The van der Waals surface area contributed by atoms with Gasteiger partial charge in [-0.2, -0.15) is 0 Å². The van der Waals surface area contributed by atoms with E-state index >= 15 is 0 Å². The van der Waals surface area contributed by atoms with E-state index < -0.39 is 0 Å². The SMILES string of the molecule is CCC=COc1cccc(CCC2CCC(CCC)CC2)c1. The lowest BCUT2D eigenvalue weighted by molar-refractivity contribution is 0.252. The van der Waals surface area contributed by atoms with Gasteiger partial charge in [-0.1, -0.05) is 64.5 Å². The van der Waals surface area contributed by atoms with Gasteiger partial charge >= 0.3 is 0 Å². The molecule has 1 aromatic rings. The van der Waals surface area contributed by atoms with E-state index in [1.165, 1.54) is 56.9 Å². The van der Waals surface area contributed by atoms with Crippen molar-refractivity contribution >= 4 is 0 Å². The Kier molecular flexibility index (Phi) is 7.56. The molecule has 1 aliphatic rings. The van der Waals surface area contributed by atoms with Gasteiger partial charge < -0.3 is 4.74 Å². The average Bonchev–Trinajstić information content (AvgIpc) is 2.55. The summed E-state index contributed by atoms with van der Waals surface area (Å²) in [7, 11) is 0. The van der Waals surface area contributed by atoms with Crippen molar-refractivity contribution in [3.8, 4) is 5.75 Å². The second kappa shape index (κ2) is 9.71. The van der Waals surface area contributed by atoms with Gasteiger partial charge in [0.25, 0.3) is 0 Å². The summed E-state index contributed by atoms with van der Waals surface area (Å²) < 4.78 is 5.64. The van der Waals surface area contributed by atoms with Crippen molar-refractivity contribution in [2.75, 3.05) is 0 Å². The van der Waals surface area contributed by atoms with E-state index in [9.17, 15) is 0 Å². The maximum absolute atomic E-state index is 5.64. The molecule has 0 N–H and O–H groups in total. The van der Waals surface area contributed by atoms with Crippen LogP contribution >= 0.6 is 0 Å². The first-order valence-electron chi connectivity index (χ1n) is 9.22. The number of benzene rings is 1. The van der Waals surface area contributed by atoms with Crippen molar-refractivity contribution in [2.24, 2.45) is 11.8 Å². The molecule has 1 aromatic carbocycles. The standard InChI is InChI=1S/C21H32O/c1-3-5-16-22-21-9-6-8-20(17-21)15-14-19-12-10-18(7-4-2)11-13-19/h5-6,8-9,16-19H,3-4,7,10-15H2,1-2H3. The van der Waals surface area contributed by atoms with Crippen LogP contribution in [-0.4, -0.2) is 0 Å². The second-order valence-electron chi connectivity index (χ2n) is 6.76. The van der Waals surface area contributed by atoms with Gasteiger partial charge in [-0.15, -0.1) is 0 Å². The smallest absolute Gasteiger partial charge is 0.126 e. The van der Waals surface area contributed by atoms with E-state index in [1.54, 1.807) is 6.26 Å². The number of hydrogen-bond donors (Lipinski definition) is 0. The van der Waals surface area contributed by atoms with Crippen LogP contribution in [0, 0.1) is 11.8 Å². The van der Waals surface area contributed by atoms with Crippen LogP contribution in [0.5, 0.6) is 5.75 Å². The highest BCUT2D eigenvalue weighted by Gasteiger charge is 2.20. The van der Waals surface area contributed by atoms with Gasteiger partial charge in [-0.3, -0.25) is 0 Å². The molecule has 0 unspecified atom stereocenters. The highest BCUT2D eigenvalue weighted by molar-refractivity contribution is 5.29. The molecule has 1 saturated carbocycles. The van der Waals surface area contributed by atoms with Gasteiger partial charge in [-0.25, -0.2) is 0 Å². The van der Waals surface area contributed by atoms with Crippen molar-refractivity contribution < 1.29 is 4.74 Å². The zero-order chi connectivity index (χ0) is 15.6. The minimum absolute atomic E-state index is 0.942. The fourth-order valence-electron chi connectivity index (χ4n) is 3.59. The number of aryl methyl sites for hydroxylation is 1. The van der Waals surface area contributed by atoms with Gasteiger partial charge in [0.05, 0.1) is 6.26 Å². The molecule has 0 aromatic heterocycles. The minimum Gasteiger partial charge on any atom is -0.465 e. The fourth-order valence-corrected chi connectivity index (χ4v) is 3.59. The molecule has 0 atom stereocenters. The number of rotatable bonds is 8. The second-order valence-corrected chi connectivity index (χ2v) is 6.76. The normalized spacial score (nSPS) is 22.1. The highest BCUT2D eigenvalue weighted by atomic mass is 16.5. The largest absolute Gasteiger partial charge is 0.465 e. The molecule has 0 spiro atoms. The Morgan fingerprint density at radius 3 is 2.45 bits per heavy atom. The molecule has 1 fully saturated rings. The monoisotopic (exact) mass is 300 g/mol.